The van der Waals surface area contributed by atoms with Crippen LogP contribution in [0, 0.1) is 34.9 Å². The molecule has 3 N–H and O–H groups in total. The van der Waals surface area contributed by atoms with Crippen LogP contribution in [0.15, 0.2) is 0 Å². The zero-order valence-electron chi connectivity index (χ0n) is 17.2. The van der Waals surface area contributed by atoms with E-state index in [1.165, 1.54) is 20.8 Å². The Labute approximate surface area is 185 Å². The summed E-state index contributed by atoms with van der Waals surface area (Å²) >= 11 is 0. The van der Waals surface area contributed by atoms with Crippen molar-refractivity contribution in [2.24, 2.45) is 0 Å². The molecule has 0 aliphatic carbocycles. The molecule has 2 rings (SSSR count). The van der Waals surface area contributed by atoms with E-state index in [9.17, 15) is 41.1 Å². The summed E-state index contributed by atoms with van der Waals surface area (Å²) in [5.74, 6) is -24.7. The molecule has 182 valence electrons. The van der Waals surface area contributed by atoms with Crippen LogP contribution in [-0.4, -0.2) is 44.8 Å². The molecule has 2 aromatic rings. The van der Waals surface area contributed by atoms with Crippen LogP contribution >= 0.6 is 0 Å². The molecule has 0 saturated carbocycles. The minimum Gasteiger partial charge on any atom is -0.478 e. The van der Waals surface area contributed by atoms with Gasteiger partial charge < -0.3 is 20.1 Å². The number of benzene rings is 2. The molecule has 0 fully saturated rings. The summed E-state index contributed by atoms with van der Waals surface area (Å²) in [5, 5.41) is 27.1. The zero-order valence-corrected chi connectivity index (χ0v) is 17.2. The molecule has 0 amide bonds. The fourth-order valence-corrected chi connectivity index (χ4v) is 2.88. The van der Waals surface area contributed by atoms with Gasteiger partial charge in [0.05, 0.1) is 11.1 Å². The number of aromatic carboxylic acids is 3. The molecule has 0 aliphatic heterocycles. The zero-order chi connectivity index (χ0) is 26.4. The van der Waals surface area contributed by atoms with Crippen molar-refractivity contribution >= 4 is 23.9 Å². The molecule has 0 spiro atoms. The van der Waals surface area contributed by atoms with Crippen molar-refractivity contribution in [3.8, 4) is 11.1 Å². The Bertz CT molecular complexity index is 1280. The van der Waals surface area contributed by atoms with Gasteiger partial charge in [-0.2, -0.15) is 0 Å². The molecule has 0 radical (unpaired) electrons. The van der Waals surface area contributed by atoms with Gasteiger partial charge in [0.2, 0.25) is 0 Å². The van der Waals surface area contributed by atoms with E-state index in [-0.39, 0.29) is 0 Å². The van der Waals surface area contributed by atoms with E-state index in [4.69, 9.17) is 20.1 Å². The molecular formula is C20H12F6O8. The second-order valence-electron chi connectivity index (χ2n) is 7.55. The highest BCUT2D eigenvalue weighted by Crippen LogP contribution is 2.39. The minimum atomic E-state index is -2.66. The Morgan fingerprint density at radius 1 is 0.559 bits per heavy atom. The largest absolute Gasteiger partial charge is 0.478 e. The smallest absolute Gasteiger partial charge is 0.342 e. The van der Waals surface area contributed by atoms with Gasteiger partial charge in [0.25, 0.3) is 0 Å². The third kappa shape index (κ3) is 4.25. The Hall–Kier alpha value is -4.10. The lowest BCUT2D eigenvalue weighted by molar-refractivity contribution is 0.00594. The van der Waals surface area contributed by atoms with Crippen LogP contribution in [0.5, 0.6) is 0 Å². The molecule has 0 bridgehead atoms. The molecule has 14 heteroatoms. The molecule has 0 unspecified atom stereocenters. The molecule has 0 atom stereocenters. The topological polar surface area (TPSA) is 138 Å². The average molecular weight is 494 g/mol. The van der Waals surface area contributed by atoms with E-state index in [1.54, 1.807) is 0 Å². The molecule has 0 saturated heterocycles. The van der Waals surface area contributed by atoms with Gasteiger partial charge in [0.1, 0.15) is 39.5 Å². The Balaban J connectivity index is 3.16. The second-order valence-corrected chi connectivity index (χ2v) is 7.55. The third-order valence-corrected chi connectivity index (χ3v) is 4.14. The standard InChI is InChI=1S/C20H12F6O8/c1-20(2,3)34-19(33)9-8(18(31)32)15(26)13(24)5(11(9)22)4-10(21)6(16(27)28)7(17(29)30)14(25)12(4)23/h1-3H3,(H,27,28)(H,29,30)(H,31,32). The number of hydrogen-bond acceptors (Lipinski definition) is 5. The maximum Gasteiger partial charge on any atom is 0.342 e. The van der Waals surface area contributed by atoms with Gasteiger partial charge in [-0.25, -0.2) is 45.5 Å². The van der Waals surface area contributed by atoms with E-state index in [2.05, 4.69) is 0 Å². The lowest BCUT2D eigenvalue weighted by Crippen LogP contribution is -2.27. The first kappa shape index (κ1) is 26.2. The second kappa shape index (κ2) is 8.68. The fourth-order valence-electron chi connectivity index (χ4n) is 2.88. The van der Waals surface area contributed by atoms with Crippen molar-refractivity contribution in [3.63, 3.8) is 0 Å². The van der Waals surface area contributed by atoms with Gasteiger partial charge in [-0.1, -0.05) is 0 Å². The molecule has 2 aromatic carbocycles. The summed E-state index contributed by atoms with van der Waals surface area (Å²) in [5.41, 5.74) is -13.8. The fraction of sp³-hybridized carbons (Fsp3) is 0.200. The molecule has 0 aliphatic rings. The third-order valence-electron chi connectivity index (χ3n) is 4.14. The van der Waals surface area contributed by atoms with E-state index in [1.807, 2.05) is 0 Å². The number of rotatable bonds is 5. The first-order chi connectivity index (χ1) is 15.4. The predicted octanol–water partition coefficient (Wildman–Crippen LogP) is 4.24. The number of carbonyl (C=O) groups excluding carboxylic acids is 1. The van der Waals surface area contributed by atoms with Crippen LogP contribution in [-0.2, 0) is 4.74 Å². The Morgan fingerprint density at radius 3 is 1.18 bits per heavy atom. The van der Waals surface area contributed by atoms with Crippen molar-refractivity contribution in [1.29, 1.82) is 0 Å². The van der Waals surface area contributed by atoms with Crippen molar-refractivity contribution in [2.75, 3.05) is 0 Å². The van der Waals surface area contributed by atoms with Gasteiger partial charge in [0, 0.05) is 0 Å². The maximum atomic E-state index is 15.2. The van der Waals surface area contributed by atoms with Crippen molar-refractivity contribution in [1.82, 2.24) is 0 Å². The van der Waals surface area contributed by atoms with E-state index < -0.39 is 97.8 Å². The van der Waals surface area contributed by atoms with E-state index >= 15 is 4.39 Å². The molecule has 8 nitrogen and oxygen atoms in total. The molecule has 34 heavy (non-hydrogen) atoms. The monoisotopic (exact) mass is 494 g/mol. The summed E-state index contributed by atoms with van der Waals surface area (Å²) in [7, 11) is 0. The lowest BCUT2D eigenvalue weighted by atomic mass is 9.92. The number of ether oxygens (including phenoxy) is 1. The first-order valence-corrected chi connectivity index (χ1v) is 8.78. The summed E-state index contributed by atoms with van der Waals surface area (Å²) in [4.78, 5) is 46.2. The molecular weight excluding hydrogens is 482 g/mol. The quantitative estimate of drug-likeness (QED) is 0.319. The number of esters is 1. The van der Waals surface area contributed by atoms with Crippen molar-refractivity contribution in [3.05, 3.63) is 57.2 Å². The Kier molecular flexibility index (Phi) is 6.68. The van der Waals surface area contributed by atoms with Crippen LogP contribution in [0.25, 0.3) is 11.1 Å². The number of hydrogen-bond donors (Lipinski definition) is 3. The number of carbonyl (C=O) groups is 4. The summed E-state index contributed by atoms with van der Waals surface area (Å²) < 4.78 is 93.1. The highest BCUT2D eigenvalue weighted by atomic mass is 19.2. The Morgan fingerprint density at radius 2 is 0.853 bits per heavy atom. The highest BCUT2D eigenvalue weighted by molar-refractivity contribution is 6.06. The molecule has 0 heterocycles. The van der Waals surface area contributed by atoms with Gasteiger partial charge in [0.15, 0.2) is 23.3 Å². The predicted molar refractivity (Wildman–Crippen MR) is 97.7 cm³/mol. The van der Waals surface area contributed by atoms with Gasteiger partial charge in [-0.3, -0.25) is 0 Å². The first-order valence-electron chi connectivity index (χ1n) is 8.78. The van der Waals surface area contributed by atoms with E-state index in [0.717, 1.165) is 0 Å². The normalized spacial score (nSPS) is 11.3. The summed E-state index contributed by atoms with van der Waals surface area (Å²) in [6, 6.07) is 0. The van der Waals surface area contributed by atoms with E-state index in [0.29, 0.717) is 0 Å². The number of carboxylic acid groups (broad SMARTS) is 3. The van der Waals surface area contributed by atoms with Crippen LogP contribution in [0.4, 0.5) is 26.3 Å². The maximum absolute atomic E-state index is 15.2. The highest BCUT2D eigenvalue weighted by Gasteiger charge is 2.40. The summed E-state index contributed by atoms with van der Waals surface area (Å²) in [6.45, 7) is 3.63. The summed E-state index contributed by atoms with van der Waals surface area (Å²) in [6.07, 6.45) is 0. The van der Waals surface area contributed by atoms with Gasteiger partial charge in [-0.15, -0.1) is 0 Å². The van der Waals surface area contributed by atoms with Gasteiger partial charge in [-0.05, 0) is 20.8 Å². The number of halogens is 6. The van der Waals surface area contributed by atoms with Crippen LogP contribution in [0.3, 0.4) is 0 Å². The van der Waals surface area contributed by atoms with Crippen LogP contribution in [0.1, 0.15) is 62.2 Å². The van der Waals surface area contributed by atoms with Crippen LogP contribution in [0.2, 0.25) is 0 Å². The minimum absolute atomic E-state index is 1.21. The SMILES string of the molecule is CC(C)(C)OC(=O)c1c(F)c(-c2c(F)c(F)c(C(=O)O)c(C(=O)O)c2F)c(F)c(F)c1C(=O)O. The van der Waals surface area contributed by atoms with Crippen molar-refractivity contribution < 1.29 is 65.6 Å². The molecule has 0 aromatic heterocycles. The average Bonchev–Trinajstić information content (AvgIpc) is 2.67. The van der Waals surface area contributed by atoms with Crippen LogP contribution < -0.4 is 0 Å². The van der Waals surface area contributed by atoms with Gasteiger partial charge >= 0.3 is 23.9 Å². The lowest BCUT2D eigenvalue weighted by Gasteiger charge is -2.21. The van der Waals surface area contributed by atoms with Crippen molar-refractivity contribution in [2.45, 2.75) is 26.4 Å². The number of carboxylic acids is 3.